The molecule has 0 bridgehead atoms. The van der Waals surface area contributed by atoms with Crippen LogP contribution in [0.3, 0.4) is 0 Å². The Labute approximate surface area is 158 Å². The van der Waals surface area contributed by atoms with Crippen molar-refractivity contribution in [1.29, 1.82) is 0 Å². The first-order valence-corrected chi connectivity index (χ1v) is 8.90. The molecular weight excluding hydrogens is 340 g/mol. The molecule has 0 aliphatic heterocycles. The van der Waals surface area contributed by atoms with Gasteiger partial charge in [0.1, 0.15) is 0 Å². The molecule has 3 rings (SSSR count). The lowest BCUT2D eigenvalue weighted by Gasteiger charge is -2.18. The van der Waals surface area contributed by atoms with E-state index in [1.807, 2.05) is 42.5 Å². The summed E-state index contributed by atoms with van der Waals surface area (Å²) >= 11 is 5.31. The number of benzene rings is 2. The van der Waals surface area contributed by atoms with Gasteiger partial charge in [-0.1, -0.05) is 81.4 Å². The number of aromatic amines is 1. The van der Waals surface area contributed by atoms with E-state index in [9.17, 15) is 0 Å². The first kappa shape index (κ1) is 18.0. The third-order valence-electron chi connectivity index (χ3n) is 4.02. The molecule has 0 unspecified atom stereocenters. The molecule has 0 saturated heterocycles. The van der Waals surface area contributed by atoms with E-state index in [-0.39, 0.29) is 5.41 Å². The van der Waals surface area contributed by atoms with Gasteiger partial charge in [0.15, 0.2) is 5.82 Å². The Balaban J connectivity index is 1.84. The third kappa shape index (κ3) is 4.24. The lowest BCUT2D eigenvalue weighted by Crippen LogP contribution is -2.10. The molecule has 0 atom stereocenters. The Morgan fingerprint density at radius 3 is 2.38 bits per heavy atom. The van der Waals surface area contributed by atoms with Gasteiger partial charge in [0.2, 0.25) is 4.77 Å². The normalized spacial score (nSPS) is 12.3. The number of rotatable bonds is 4. The number of nitrogens with zero attached hydrogens (tertiary/aromatic N) is 3. The molecule has 0 fully saturated rings. The van der Waals surface area contributed by atoms with E-state index in [0.29, 0.717) is 10.6 Å². The molecule has 1 aromatic heterocycles. The Morgan fingerprint density at radius 1 is 1.04 bits per heavy atom. The molecule has 0 spiro atoms. The van der Waals surface area contributed by atoms with Crippen LogP contribution in [0.1, 0.15) is 31.9 Å². The van der Waals surface area contributed by atoms with Crippen LogP contribution in [-0.4, -0.2) is 21.1 Å². The van der Waals surface area contributed by atoms with Crippen molar-refractivity contribution in [1.82, 2.24) is 14.9 Å². The van der Waals surface area contributed by atoms with Crippen molar-refractivity contribution in [3.05, 3.63) is 76.6 Å². The van der Waals surface area contributed by atoms with Crippen molar-refractivity contribution >= 4 is 24.5 Å². The fourth-order valence-electron chi connectivity index (χ4n) is 2.53. The topological polar surface area (TPSA) is 46.0 Å². The molecule has 1 heterocycles. The van der Waals surface area contributed by atoms with E-state index in [1.165, 1.54) is 5.56 Å². The van der Waals surface area contributed by atoms with Gasteiger partial charge in [-0.15, -0.1) is 0 Å². The van der Waals surface area contributed by atoms with E-state index >= 15 is 0 Å². The maximum Gasteiger partial charge on any atom is 0.216 e. The molecule has 4 nitrogen and oxygen atoms in total. The molecule has 2 aromatic carbocycles. The zero-order chi connectivity index (χ0) is 18.6. The molecular formula is C21H22N4S. The summed E-state index contributed by atoms with van der Waals surface area (Å²) in [5.74, 6) is 0.694. The molecule has 1 N–H and O–H groups in total. The number of hydrogen-bond donors (Lipinski definition) is 1. The molecule has 0 amide bonds. The lowest BCUT2D eigenvalue weighted by atomic mass is 9.87. The van der Waals surface area contributed by atoms with Gasteiger partial charge in [-0.2, -0.15) is 14.9 Å². The molecule has 132 valence electrons. The van der Waals surface area contributed by atoms with Gasteiger partial charge >= 0.3 is 0 Å². The number of allylic oxidation sites excluding steroid dienone is 1. The van der Waals surface area contributed by atoms with Crippen LogP contribution in [0.15, 0.2) is 65.8 Å². The average Bonchev–Trinajstić information content (AvgIpc) is 3.00. The lowest BCUT2D eigenvalue weighted by molar-refractivity contribution is 0.590. The second-order valence-electron chi connectivity index (χ2n) is 7.03. The number of H-pyrrole nitrogens is 1. The average molecular weight is 363 g/mol. The van der Waals surface area contributed by atoms with Gasteiger partial charge in [-0.3, -0.25) is 0 Å². The fraction of sp³-hybridized carbons (Fsp3) is 0.190. The van der Waals surface area contributed by atoms with E-state index in [1.54, 1.807) is 10.9 Å². The Hall–Kier alpha value is -2.79. The van der Waals surface area contributed by atoms with Crippen molar-refractivity contribution in [3.8, 4) is 11.4 Å². The molecule has 3 aromatic rings. The minimum Gasteiger partial charge on any atom is -0.250 e. The van der Waals surface area contributed by atoms with Crippen molar-refractivity contribution in [2.75, 3.05) is 0 Å². The van der Waals surface area contributed by atoms with Gasteiger partial charge in [0, 0.05) is 11.8 Å². The highest BCUT2D eigenvalue weighted by atomic mass is 32.1. The Kier molecular flexibility index (Phi) is 5.28. The van der Waals surface area contributed by atoms with Crippen molar-refractivity contribution in [3.63, 3.8) is 0 Å². The smallest absolute Gasteiger partial charge is 0.216 e. The molecule has 0 aliphatic rings. The molecule has 26 heavy (non-hydrogen) atoms. The summed E-state index contributed by atoms with van der Waals surface area (Å²) in [6.45, 7) is 6.59. The first-order chi connectivity index (χ1) is 12.4. The second-order valence-corrected chi connectivity index (χ2v) is 7.41. The SMILES string of the molecule is CC(C)(C)c1ccc(-c2n[nH]c(=S)n2/N=C\C=C\c2ccccc2)cc1. The summed E-state index contributed by atoms with van der Waals surface area (Å²) in [6.07, 6.45) is 5.59. The van der Waals surface area contributed by atoms with Gasteiger partial charge < -0.3 is 0 Å². The maximum atomic E-state index is 5.31. The van der Waals surface area contributed by atoms with Crippen LogP contribution in [0.2, 0.25) is 0 Å². The fourth-order valence-corrected chi connectivity index (χ4v) is 2.71. The first-order valence-electron chi connectivity index (χ1n) is 8.49. The Bertz CT molecular complexity index is 971. The van der Waals surface area contributed by atoms with Crippen LogP contribution in [0.5, 0.6) is 0 Å². The number of hydrogen-bond acceptors (Lipinski definition) is 3. The van der Waals surface area contributed by atoms with Crippen molar-refractivity contribution in [2.45, 2.75) is 26.2 Å². The second kappa shape index (κ2) is 7.62. The third-order valence-corrected chi connectivity index (χ3v) is 4.28. The number of aromatic nitrogens is 3. The monoisotopic (exact) mass is 362 g/mol. The van der Waals surface area contributed by atoms with Crippen LogP contribution < -0.4 is 0 Å². The minimum atomic E-state index is 0.115. The standard InChI is InChI=1S/C21H22N4S/c1-21(2,3)18-13-11-17(12-14-18)19-23-24-20(26)25(19)22-15-7-10-16-8-5-4-6-9-16/h4-15H,1-3H3,(H,24,26)/b10-7+,22-15-. The molecule has 0 radical (unpaired) electrons. The largest absolute Gasteiger partial charge is 0.250 e. The van der Waals surface area contributed by atoms with Crippen LogP contribution in [0.25, 0.3) is 17.5 Å². The highest BCUT2D eigenvalue weighted by Gasteiger charge is 2.14. The molecule has 0 saturated carbocycles. The number of nitrogens with one attached hydrogen (secondary N) is 1. The summed E-state index contributed by atoms with van der Waals surface area (Å²) < 4.78 is 2.10. The van der Waals surface area contributed by atoms with E-state index < -0.39 is 0 Å². The van der Waals surface area contributed by atoms with Gasteiger partial charge in [-0.25, -0.2) is 5.10 Å². The molecule has 5 heteroatoms. The highest BCUT2D eigenvalue weighted by Crippen LogP contribution is 2.25. The van der Waals surface area contributed by atoms with Crippen LogP contribution in [0, 0.1) is 4.77 Å². The summed E-state index contributed by atoms with van der Waals surface area (Å²) in [5, 5.41) is 11.6. The quantitative estimate of drug-likeness (QED) is 0.495. The minimum absolute atomic E-state index is 0.115. The van der Waals surface area contributed by atoms with Gasteiger partial charge in [0.05, 0.1) is 0 Å². The summed E-state index contributed by atoms with van der Waals surface area (Å²) in [7, 11) is 0. The maximum absolute atomic E-state index is 5.31. The van der Waals surface area contributed by atoms with Gasteiger partial charge in [-0.05, 0) is 34.8 Å². The van der Waals surface area contributed by atoms with E-state index in [0.717, 1.165) is 11.1 Å². The van der Waals surface area contributed by atoms with Crippen molar-refractivity contribution < 1.29 is 0 Å². The summed E-state index contributed by atoms with van der Waals surface area (Å²) in [4.78, 5) is 0. The Morgan fingerprint density at radius 2 is 1.73 bits per heavy atom. The van der Waals surface area contributed by atoms with E-state index in [4.69, 9.17) is 12.2 Å². The van der Waals surface area contributed by atoms with Crippen LogP contribution in [0.4, 0.5) is 0 Å². The summed E-state index contributed by atoms with van der Waals surface area (Å²) in [6, 6.07) is 18.4. The molecule has 0 aliphatic carbocycles. The van der Waals surface area contributed by atoms with Crippen LogP contribution in [-0.2, 0) is 5.41 Å². The highest BCUT2D eigenvalue weighted by molar-refractivity contribution is 7.71. The van der Waals surface area contributed by atoms with E-state index in [2.05, 4.69) is 60.3 Å². The predicted molar refractivity (Wildman–Crippen MR) is 111 cm³/mol. The van der Waals surface area contributed by atoms with Crippen molar-refractivity contribution in [2.24, 2.45) is 5.10 Å². The predicted octanol–water partition coefficient (Wildman–Crippen LogP) is 5.45. The van der Waals surface area contributed by atoms with Gasteiger partial charge in [0.25, 0.3) is 0 Å². The summed E-state index contributed by atoms with van der Waals surface area (Å²) in [5.41, 5.74) is 3.47. The van der Waals surface area contributed by atoms with Crippen LogP contribution >= 0.6 is 12.2 Å². The zero-order valence-electron chi connectivity index (χ0n) is 15.2. The zero-order valence-corrected chi connectivity index (χ0v) is 16.0.